The molecule has 1 aliphatic carbocycles. The van der Waals surface area contributed by atoms with Gasteiger partial charge in [0.15, 0.2) is 0 Å². The molecule has 16 heavy (non-hydrogen) atoms. The quantitative estimate of drug-likeness (QED) is 0.610. The van der Waals surface area contributed by atoms with Gasteiger partial charge in [0.05, 0.1) is 7.11 Å². The van der Waals surface area contributed by atoms with Crippen molar-refractivity contribution in [3.8, 4) is 0 Å². The molecule has 0 spiro atoms. The Morgan fingerprint density at radius 3 is 2.44 bits per heavy atom. The minimum Gasteiger partial charge on any atom is -0.471 e. The molecule has 3 heteroatoms. The van der Waals surface area contributed by atoms with Crippen LogP contribution in [-0.4, -0.2) is 13.6 Å². The maximum absolute atomic E-state index is 8.95. The van der Waals surface area contributed by atoms with Gasteiger partial charge in [0.2, 0.25) is 0 Å². The average molecular weight is 332 g/mol. The van der Waals surface area contributed by atoms with Crippen molar-refractivity contribution in [1.82, 2.24) is 0 Å². The molecule has 0 aliphatic heterocycles. The van der Waals surface area contributed by atoms with E-state index in [-0.39, 0.29) is 0 Å². The SMILES string of the molecule is COC=O.Cc1cc(C2CCC2)ccc1I. The molecule has 1 fully saturated rings. The van der Waals surface area contributed by atoms with Crippen molar-refractivity contribution >= 4 is 29.1 Å². The van der Waals surface area contributed by atoms with Gasteiger partial charge in [-0.25, -0.2) is 0 Å². The van der Waals surface area contributed by atoms with Gasteiger partial charge in [-0.2, -0.15) is 0 Å². The van der Waals surface area contributed by atoms with Crippen LogP contribution in [0.15, 0.2) is 18.2 Å². The summed E-state index contributed by atoms with van der Waals surface area (Å²) in [4.78, 5) is 8.95. The Kier molecular flexibility index (Phi) is 5.80. The highest BCUT2D eigenvalue weighted by Gasteiger charge is 2.19. The monoisotopic (exact) mass is 332 g/mol. The Morgan fingerprint density at radius 1 is 1.44 bits per heavy atom. The molecular formula is C13H17IO2. The lowest BCUT2D eigenvalue weighted by Crippen LogP contribution is -2.08. The van der Waals surface area contributed by atoms with E-state index < -0.39 is 0 Å². The van der Waals surface area contributed by atoms with Crippen molar-refractivity contribution in [1.29, 1.82) is 0 Å². The van der Waals surface area contributed by atoms with Crippen molar-refractivity contribution in [2.24, 2.45) is 0 Å². The highest BCUT2D eigenvalue weighted by Crippen LogP contribution is 2.36. The van der Waals surface area contributed by atoms with Crippen LogP contribution in [0.2, 0.25) is 0 Å². The molecule has 0 N–H and O–H groups in total. The van der Waals surface area contributed by atoms with Gasteiger partial charge in [-0.3, -0.25) is 4.79 Å². The zero-order valence-electron chi connectivity index (χ0n) is 9.70. The smallest absolute Gasteiger partial charge is 0.292 e. The van der Waals surface area contributed by atoms with Crippen molar-refractivity contribution in [3.63, 3.8) is 0 Å². The normalized spacial score (nSPS) is 14.4. The molecule has 88 valence electrons. The Hall–Kier alpha value is -0.580. The van der Waals surface area contributed by atoms with Crippen LogP contribution in [0.1, 0.15) is 36.3 Å². The van der Waals surface area contributed by atoms with Crippen LogP contribution in [0.3, 0.4) is 0 Å². The molecule has 1 aromatic carbocycles. The number of halogens is 1. The minimum atomic E-state index is 0.375. The molecule has 1 aromatic rings. The van der Waals surface area contributed by atoms with Crippen LogP contribution in [0.25, 0.3) is 0 Å². The first-order valence-electron chi connectivity index (χ1n) is 5.41. The highest BCUT2D eigenvalue weighted by atomic mass is 127. The Balaban J connectivity index is 0.000000280. The molecular weight excluding hydrogens is 315 g/mol. The average Bonchev–Trinajstić information content (AvgIpc) is 2.21. The number of benzene rings is 1. The van der Waals surface area contributed by atoms with Gasteiger partial charge >= 0.3 is 0 Å². The van der Waals surface area contributed by atoms with Crippen LogP contribution in [0.4, 0.5) is 0 Å². The fourth-order valence-electron chi connectivity index (χ4n) is 1.66. The van der Waals surface area contributed by atoms with Gasteiger partial charge in [-0.15, -0.1) is 0 Å². The lowest BCUT2D eigenvalue weighted by molar-refractivity contribution is -0.126. The van der Waals surface area contributed by atoms with Crippen molar-refractivity contribution in [3.05, 3.63) is 32.9 Å². The molecule has 2 rings (SSSR count). The number of methoxy groups -OCH3 is 1. The molecule has 0 saturated heterocycles. The summed E-state index contributed by atoms with van der Waals surface area (Å²) in [5, 5.41) is 0. The Labute approximate surface area is 111 Å². The number of aryl methyl sites for hydroxylation is 1. The van der Waals surface area contributed by atoms with Crippen molar-refractivity contribution in [2.75, 3.05) is 7.11 Å². The van der Waals surface area contributed by atoms with E-state index in [0.29, 0.717) is 6.47 Å². The second-order valence-corrected chi connectivity index (χ2v) is 5.13. The minimum absolute atomic E-state index is 0.375. The summed E-state index contributed by atoms with van der Waals surface area (Å²) < 4.78 is 5.25. The molecule has 0 amide bonds. The Bertz CT molecular complexity index is 346. The van der Waals surface area contributed by atoms with Gasteiger partial charge in [0, 0.05) is 3.57 Å². The predicted molar refractivity (Wildman–Crippen MR) is 73.6 cm³/mol. The van der Waals surface area contributed by atoms with Gasteiger partial charge < -0.3 is 4.74 Å². The first kappa shape index (κ1) is 13.5. The third-order valence-electron chi connectivity index (χ3n) is 2.85. The molecule has 2 nitrogen and oxygen atoms in total. The first-order valence-corrected chi connectivity index (χ1v) is 6.49. The summed E-state index contributed by atoms with van der Waals surface area (Å²) >= 11 is 2.39. The van der Waals surface area contributed by atoms with Gasteiger partial charge in [0.1, 0.15) is 0 Å². The summed E-state index contributed by atoms with van der Waals surface area (Å²) in [7, 11) is 1.31. The van der Waals surface area contributed by atoms with Gasteiger partial charge in [0.25, 0.3) is 6.47 Å². The summed E-state index contributed by atoms with van der Waals surface area (Å²) in [6, 6.07) is 6.88. The fourth-order valence-corrected chi connectivity index (χ4v) is 2.00. The number of rotatable bonds is 2. The molecule has 0 unspecified atom stereocenters. The van der Waals surface area contributed by atoms with Crippen LogP contribution in [0, 0.1) is 10.5 Å². The number of hydrogen-bond acceptors (Lipinski definition) is 2. The molecule has 1 saturated carbocycles. The summed E-state index contributed by atoms with van der Waals surface area (Å²) in [5.41, 5.74) is 2.99. The zero-order chi connectivity index (χ0) is 12.0. The summed E-state index contributed by atoms with van der Waals surface area (Å²) in [5.74, 6) is 0.876. The van der Waals surface area contributed by atoms with E-state index in [0.717, 1.165) is 5.92 Å². The van der Waals surface area contributed by atoms with E-state index in [1.165, 1.54) is 35.5 Å². The van der Waals surface area contributed by atoms with E-state index in [4.69, 9.17) is 4.79 Å². The fraction of sp³-hybridized carbons (Fsp3) is 0.462. The summed E-state index contributed by atoms with van der Waals surface area (Å²) in [6.45, 7) is 2.57. The van der Waals surface area contributed by atoms with E-state index in [1.54, 1.807) is 5.56 Å². The van der Waals surface area contributed by atoms with Crippen LogP contribution >= 0.6 is 22.6 Å². The van der Waals surface area contributed by atoms with Crippen LogP contribution in [0.5, 0.6) is 0 Å². The topological polar surface area (TPSA) is 26.3 Å². The third kappa shape index (κ3) is 3.77. The second-order valence-electron chi connectivity index (χ2n) is 3.97. The number of ether oxygens (including phenoxy) is 1. The molecule has 0 atom stereocenters. The van der Waals surface area contributed by atoms with E-state index in [2.05, 4.69) is 52.5 Å². The maximum atomic E-state index is 8.95. The Morgan fingerprint density at radius 2 is 2.06 bits per heavy atom. The highest BCUT2D eigenvalue weighted by molar-refractivity contribution is 14.1. The third-order valence-corrected chi connectivity index (χ3v) is 4.07. The number of carbonyl (C=O) groups is 1. The molecule has 0 bridgehead atoms. The molecule has 0 heterocycles. The van der Waals surface area contributed by atoms with Gasteiger partial charge in [-0.1, -0.05) is 18.6 Å². The molecule has 0 aromatic heterocycles. The number of hydrogen-bond donors (Lipinski definition) is 0. The van der Waals surface area contributed by atoms with E-state index >= 15 is 0 Å². The summed E-state index contributed by atoms with van der Waals surface area (Å²) in [6.07, 6.45) is 4.23. The lowest BCUT2D eigenvalue weighted by Gasteiger charge is -2.26. The standard InChI is InChI=1S/C11H13I.C2H4O2/c1-8-7-10(5-6-11(8)12)9-3-2-4-9;1-4-2-3/h5-7,9H,2-4H2,1H3;2H,1H3. The second kappa shape index (κ2) is 6.89. The number of carbonyl (C=O) groups excluding carboxylic acids is 1. The van der Waals surface area contributed by atoms with Crippen molar-refractivity contribution in [2.45, 2.75) is 32.1 Å². The first-order chi connectivity index (χ1) is 7.69. The largest absolute Gasteiger partial charge is 0.471 e. The lowest BCUT2D eigenvalue weighted by atomic mass is 9.80. The van der Waals surface area contributed by atoms with Crippen LogP contribution in [-0.2, 0) is 9.53 Å². The predicted octanol–water partition coefficient (Wildman–Crippen LogP) is 3.66. The molecule has 1 aliphatic rings. The van der Waals surface area contributed by atoms with Crippen molar-refractivity contribution < 1.29 is 9.53 Å². The van der Waals surface area contributed by atoms with Gasteiger partial charge in [-0.05, 0) is 65.5 Å². The zero-order valence-corrected chi connectivity index (χ0v) is 11.9. The maximum Gasteiger partial charge on any atom is 0.292 e. The van der Waals surface area contributed by atoms with E-state index in [1.807, 2.05) is 0 Å². The van der Waals surface area contributed by atoms with Crippen LogP contribution < -0.4 is 0 Å². The molecule has 0 radical (unpaired) electrons. The van der Waals surface area contributed by atoms with E-state index in [9.17, 15) is 0 Å².